The molecule has 1 saturated heterocycles. The Morgan fingerprint density at radius 2 is 2.07 bits per heavy atom. The molecule has 2 rings (SSSR count). The highest BCUT2D eigenvalue weighted by Gasteiger charge is 2.25. The highest BCUT2D eigenvalue weighted by atomic mass is 32.2. The van der Waals surface area contributed by atoms with Crippen LogP contribution in [0.3, 0.4) is 0 Å². The molecule has 0 radical (unpaired) electrons. The fourth-order valence-electron chi connectivity index (χ4n) is 2.84. The lowest BCUT2D eigenvalue weighted by Crippen LogP contribution is -2.45. The molecule has 3 unspecified atom stereocenters. The molecule has 1 heterocycles. The van der Waals surface area contributed by atoms with E-state index >= 15 is 0 Å². The van der Waals surface area contributed by atoms with E-state index in [1.807, 2.05) is 0 Å². The Morgan fingerprint density at radius 3 is 2.80 bits per heavy atom. The molecular formula is C12H24N2S. The van der Waals surface area contributed by atoms with Gasteiger partial charge in [-0.15, -0.1) is 0 Å². The average Bonchev–Trinajstić information content (AvgIpc) is 2.79. The maximum atomic E-state index is 3.78. The second-order valence-electron chi connectivity index (χ2n) is 4.87. The van der Waals surface area contributed by atoms with Crippen molar-refractivity contribution in [3.8, 4) is 0 Å². The maximum absolute atomic E-state index is 3.78. The van der Waals surface area contributed by atoms with Gasteiger partial charge in [0.15, 0.2) is 0 Å². The largest absolute Gasteiger partial charge is 0.313 e. The van der Waals surface area contributed by atoms with Gasteiger partial charge in [-0.1, -0.05) is 12.8 Å². The molecule has 3 heteroatoms. The van der Waals surface area contributed by atoms with Crippen molar-refractivity contribution >= 4 is 11.8 Å². The fourth-order valence-corrected chi connectivity index (χ4v) is 3.80. The van der Waals surface area contributed by atoms with Crippen LogP contribution in [0.15, 0.2) is 0 Å². The Bertz CT molecular complexity index is 180. The molecule has 1 aliphatic carbocycles. The molecular weight excluding hydrogens is 204 g/mol. The second kappa shape index (κ2) is 6.12. The minimum Gasteiger partial charge on any atom is -0.313 e. The third kappa shape index (κ3) is 3.36. The molecule has 2 aliphatic rings. The van der Waals surface area contributed by atoms with Gasteiger partial charge in [-0.05, 0) is 38.5 Å². The molecule has 2 N–H and O–H groups in total. The van der Waals surface area contributed by atoms with Crippen LogP contribution in [0.25, 0.3) is 0 Å². The smallest absolute Gasteiger partial charge is 0.0198 e. The summed E-state index contributed by atoms with van der Waals surface area (Å²) in [5, 5.41) is 8.20. The zero-order valence-corrected chi connectivity index (χ0v) is 10.6. The van der Waals surface area contributed by atoms with E-state index in [-0.39, 0.29) is 0 Å². The standard InChI is InChI=1S/C12H24N2S/c1-15-12-7-3-2-6-11(12)14-9-10-5-4-8-13-10/h10-14H,2-9H2,1H3. The van der Waals surface area contributed by atoms with Crippen LogP contribution in [0.4, 0.5) is 0 Å². The predicted molar refractivity (Wildman–Crippen MR) is 68.6 cm³/mol. The molecule has 2 fully saturated rings. The summed E-state index contributed by atoms with van der Waals surface area (Å²) in [6.07, 6.45) is 10.7. The van der Waals surface area contributed by atoms with E-state index in [1.165, 1.54) is 51.6 Å². The first-order valence-corrected chi connectivity index (χ1v) is 7.68. The molecule has 0 bridgehead atoms. The Hall–Kier alpha value is 0.270. The molecule has 0 spiro atoms. The van der Waals surface area contributed by atoms with E-state index in [9.17, 15) is 0 Å². The molecule has 0 aromatic carbocycles. The van der Waals surface area contributed by atoms with E-state index in [4.69, 9.17) is 0 Å². The first kappa shape index (κ1) is 11.7. The number of hydrogen-bond acceptors (Lipinski definition) is 3. The highest BCUT2D eigenvalue weighted by Crippen LogP contribution is 2.27. The number of hydrogen-bond donors (Lipinski definition) is 2. The van der Waals surface area contributed by atoms with Crippen molar-refractivity contribution in [3.05, 3.63) is 0 Å². The van der Waals surface area contributed by atoms with E-state index < -0.39 is 0 Å². The Kier molecular flexibility index (Phi) is 4.79. The quantitative estimate of drug-likeness (QED) is 0.769. The number of rotatable bonds is 4. The van der Waals surface area contributed by atoms with Crippen molar-refractivity contribution in [2.75, 3.05) is 19.3 Å². The summed E-state index contributed by atoms with van der Waals surface area (Å²) in [5.41, 5.74) is 0. The number of nitrogens with one attached hydrogen (secondary N) is 2. The van der Waals surface area contributed by atoms with Crippen LogP contribution in [0.5, 0.6) is 0 Å². The zero-order chi connectivity index (χ0) is 10.5. The van der Waals surface area contributed by atoms with Gasteiger partial charge >= 0.3 is 0 Å². The van der Waals surface area contributed by atoms with Gasteiger partial charge in [0.2, 0.25) is 0 Å². The molecule has 3 atom stereocenters. The van der Waals surface area contributed by atoms with E-state index in [0.29, 0.717) is 0 Å². The lowest BCUT2D eigenvalue weighted by molar-refractivity contribution is 0.369. The van der Waals surface area contributed by atoms with Gasteiger partial charge < -0.3 is 10.6 Å². The molecule has 88 valence electrons. The van der Waals surface area contributed by atoms with Crippen LogP contribution < -0.4 is 10.6 Å². The SMILES string of the molecule is CSC1CCCCC1NCC1CCCN1. The van der Waals surface area contributed by atoms with Gasteiger partial charge in [-0.25, -0.2) is 0 Å². The molecule has 2 nitrogen and oxygen atoms in total. The second-order valence-corrected chi connectivity index (χ2v) is 5.94. The molecule has 1 aliphatic heterocycles. The lowest BCUT2D eigenvalue weighted by atomic mass is 9.94. The summed E-state index contributed by atoms with van der Waals surface area (Å²) < 4.78 is 0. The summed E-state index contributed by atoms with van der Waals surface area (Å²) in [6, 6.07) is 1.52. The molecule has 0 aromatic rings. The Balaban J connectivity index is 1.71. The van der Waals surface area contributed by atoms with Crippen molar-refractivity contribution in [2.24, 2.45) is 0 Å². The van der Waals surface area contributed by atoms with Gasteiger partial charge in [0, 0.05) is 23.9 Å². The van der Waals surface area contributed by atoms with Crippen molar-refractivity contribution in [3.63, 3.8) is 0 Å². The summed E-state index contributed by atoms with van der Waals surface area (Å²) in [7, 11) is 0. The fraction of sp³-hybridized carbons (Fsp3) is 1.00. The van der Waals surface area contributed by atoms with Crippen molar-refractivity contribution in [2.45, 2.75) is 55.9 Å². The van der Waals surface area contributed by atoms with Crippen LogP contribution in [0, 0.1) is 0 Å². The van der Waals surface area contributed by atoms with Gasteiger partial charge in [0.1, 0.15) is 0 Å². The third-order valence-corrected chi connectivity index (χ3v) is 4.96. The minimum atomic E-state index is 0.745. The molecule has 0 amide bonds. The van der Waals surface area contributed by atoms with Gasteiger partial charge in [0.25, 0.3) is 0 Å². The zero-order valence-electron chi connectivity index (χ0n) is 9.80. The van der Waals surface area contributed by atoms with Crippen LogP contribution in [-0.2, 0) is 0 Å². The predicted octanol–water partition coefficient (Wildman–Crippen LogP) is 2.00. The minimum absolute atomic E-state index is 0.745. The number of thioether (sulfide) groups is 1. The van der Waals surface area contributed by atoms with Gasteiger partial charge in [0.05, 0.1) is 0 Å². The maximum Gasteiger partial charge on any atom is 0.0198 e. The van der Waals surface area contributed by atoms with Crippen molar-refractivity contribution in [1.29, 1.82) is 0 Å². The van der Waals surface area contributed by atoms with Gasteiger partial charge in [-0.3, -0.25) is 0 Å². The van der Waals surface area contributed by atoms with Crippen LogP contribution >= 0.6 is 11.8 Å². The first-order chi connectivity index (χ1) is 7.40. The molecule has 0 aromatic heterocycles. The molecule has 1 saturated carbocycles. The monoisotopic (exact) mass is 228 g/mol. The Morgan fingerprint density at radius 1 is 1.20 bits per heavy atom. The third-order valence-electron chi connectivity index (χ3n) is 3.79. The van der Waals surface area contributed by atoms with Gasteiger partial charge in [-0.2, -0.15) is 11.8 Å². The van der Waals surface area contributed by atoms with E-state index in [2.05, 4.69) is 28.7 Å². The summed E-state index contributed by atoms with van der Waals surface area (Å²) >= 11 is 2.05. The van der Waals surface area contributed by atoms with E-state index in [0.717, 1.165) is 17.3 Å². The van der Waals surface area contributed by atoms with Crippen LogP contribution in [-0.4, -0.2) is 36.7 Å². The average molecular weight is 228 g/mol. The highest BCUT2D eigenvalue weighted by molar-refractivity contribution is 7.99. The van der Waals surface area contributed by atoms with E-state index in [1.54, 1.807) is 0 Å². The summed E-state index contributed by atoms with van der Waals surface area (Å²) in [6.45, 7) is 2.41. The van der Waals surface area contributed by atoms with Crippen LogP contribution in [0.2, 0.25) is 0 Å². The Labute approximate surface area is 98.0 Å². The topological polar surface area (TPSA) is 24.1 Å². The normalized spacial score (nSPS) is 37.0. The summed E-state index contributed by atoms with van der Waals surface area (Å²) in [5.74, 6) is 0. The van der Waals surface area contributed by atoms with Crippen molar-refractivity contribution in [1.82, 2.24) is 10.6 Å². The lowest BCUT2D eigenvalue weighted by Gasteiger charge is -2.32. The summed E-state index contributed by atoms with van der Waals surface area (Å²) in [4.78, 5) is 0. The van der Waals surface area contributed by atoms with Crippen molar-refractivity contribution < 1.29 is 0 Å². The first-order valence-electron chi connectivity index (χ1n) is 6.39. The molecule has 15 heavy (non-hydrogen) atoms. The van der Waals surface area contributed by atoms with Crippen LogP contribution in [0.1, 0.15) is 38.5 Å².